The molecule has 4 rings (SSSR count). The molecular formula is C17H17N5OS. The Morgan fingerprint density at radius 1 is 1.21 bits per heavy atom. The molecule has 1 fully saturated rings. The minimum atomic E-state index is -0.0358. The number of nitrogens with zero attached hydrogens (tertiary/aromatic N) is 3. The fourth-order valence-corrected chi connectivity index (χ4v) is 3.34. The smallest absolute Gasteiger partial charge is 0.321 e. The Balaban J connectivity index is 1.54. The predicted octanol–water partition coefficient (Wildman–Crippen LogP) is 3.14. The highest BCUT2D eigenvalue weighted by Crippen LogP contribution is 2.25. The molecule has 1 aliphatic rings. The van der Waals surface area contributed by atoms with E-state index in [-0.39, 0.29) is 6.03 Å². The first-order chi connectivity index (χ1) is 11.7. The maximum absolute atomic E-state index is 11.8. The number of aryl methyl sites for hydroxylation is 1. The molecule has 0 atom stereocenters. The third-order valence-electron chi connectivity index (χ3n) is 4.19. The second kappa shape index (κ2) is 6.09. The van der Waals surface area contributed by atoms with E-state index in [4.69, 9.17) is 0 Å². The summed E-state index contributed by atoms with van der Waals surface area (Å²) in [6.07, 6.45) is 0. The maximum Gasteiger partial charge on any atom is 0.321 e. The van der Waals surface area contributed by atoms with Gasteiger partial charge >= 0.3 is 6.03 Å². The molecule has 1 saturated heterocycles. The molecule has 7 heteroatoms. The van der Waals surface area contributed by atoms with Gasteiger partial charge < -0.3 is 10.6 Å². The fourth-order valence-electron chi connectivity index (χ4n) is 2.82. The van der Waals surface area contributed by atoms with Gasteiger partial charge in [0.05, 0.1) is 11.7 Å². The predicted molar refractivity (Wildman–Crippen MR) is 96.7 cm³/mol. The van der Waals surface area contributed by atoms with E-state index in [2.05, 4.69) is 38.4 Å². The molecule has 3 aromatic rings. The second-order valence-electron chi connectivity index (χ2n) is 5.82. The molecule has 0 bridgehead atoms. The van der Waals surface area contributed by atoms with Crippen LogP contribution in [0.3, 0.4) is 0 Å². The lowest BCUT2D eigenvalue weighted by molar-refractivity contribution is 0.252. The Labute approximate surface area is 143 Å². The number of urea groups is 1. The average Bonchev–Trinajstić information content (AvgIpc) is 3.22. The average molecular weight is 339 g/mol. The maximum atomic E-state index is 11.8. The monoisotopic (exact) mass is 339 g/mol. The number of carbonyl (C=O) groups is 1. The Kier molecular flexibility index (Phi) is 3.78. The number of nitrogens with one attached hydrogen (secondary N) is 2. The van der Waals surface area contributed by atoms with E-state index in [0.29, 0.717) is 19.6 Å². The Hall–Kier alpha value is -2.67. The Bertz CT molecular complexity index is 907. The van der Waals surface area contributed by atoms with Gasteiger partial charge in [0.2, 0.25) is 0 Å². The van der Waals surface area contributed by atoms with Gasteiger partial charge in [-0.2, -0.15) is 8.75 Å². The van der Waals surface area contributed by atoms with Gasteiger partial charge in [-0.3, -0.25) is 4.90 Å². The van der Waals surface area contributed by atoms with E-state index >= 15 is 0 Å². The third kappa shape index (κ3) is 2.78. The number of aromatic nitrogens is 2. The molecule has 2 amide bonds. The van der Waals surface area contributed by atoms with Gasteiger partial charge in [-0.05, 0) is 42.3 Å². The quantitative estimate of drug-likeness (QED) is 0.766. The minimum Gasteiger partial charge on any atom is -0.381 e. The van der Waals surface area contributed by atoms with Crippen LogP contribution in [0.1, 0.15) is 11.1 Å². The zero-order valence-electron chi connectivity index (χ0n) is 13.2. The van der Waals surface area contributed by atoms with Crippen molar-refractivity contribution in [2.45, 2.75) is 13.5 Å². The summed E-state index contributed by atoms with van der Waals surface area (Å²) >= 11 is 1.23. The number of anilines is 2. The highest BCUT2D eigenvalue weighted by molar-refractivity contribution is 7.00. The van der Waals surface area contributed by atoms with Gasteiger partial charge in [0.15, 0.2) is 0 Å². The van der Waals surface area contributed by atoms with Gasteiger partial charge in [0.1, 0.15) is 11.0 Å². The van der Waals surface area contributed by atoms with E-state index in [1.54, 1.807) is 4.90 Å². The number of carbonyl (C=O) groups excluding carboxylic acids is 1. The zero-order valence-corrected chi connectivity index (χ0v) is 14.1. The van der Waals surface area contributed by atoms with E-state index in [0.717, 1.165) is 33.5 Å². The lowest BCUT2D eigenvalue weighted by Crippen LogP contribution is -2.27. The van der Waals surface area contributed by atoms with Crippen molar-refractivity contribution in [3.8, 4) is 0 Å². The van der Waals surface area contributed by atoms with Crippen LogP contribution in [0.15, 0.2) is 36.4 Å². The van der Waals surface area contributed by atoms with Crippen LogP contribution < -0.4 is 15.5 Å². The van der Waals surface area contributed by atoms with Crippen molar-refractivity contribution in [1.82, 2.24) is 14.1 Å². The molecule has 2 N–H and O–H groups in total. The summed E-state index contributed by atoms with van der Waals surface area (Å²) in [5, 5.41) is 6.29. The van der Waals surface area contributed by atoms with Crippen LogP contribution in [0.4, 0.5) is 16.2 Å². The largest absolute Gasteiger partial charge is 0.381 e. The van der Waals surface area contributed by atoms with Crippen molar-refractivity contribution in [2.75, 3.05) is 23.3 Å². The summed E-state index contributed by atoms with van der Waals surface area (Å²) in [7, 11) is 0. The first-order valence-corrected chi connectivity index (χ1v) is 8.55. The van der Waals surface area contributed by atoms with Crippen LogP contribution in [0.25, 0.3) is 11.0 Å². The number of hydrogen-bond donors (Lipinski definition) is 2. The van der Waals surface area contributed by atoms with E-state index in [1.807, 2.05) is 24.3 Å². The van der Waals surface area contributed by atoms with Crippen LogP contribution in [-0.2, 0) is 6.54 Å². The molecule has 0 radical (unpaired) electrons. The van der Waals surface area contributed by atoms with Crippen LogP contribution in [0.5, 0.6) is 0 Å². The molecule has 24 heavy (non-hydrogen) atoms. The number of fused-ring (bicyclic) bond motifs is 1. The lowest BCUT2D eigenvalue weighted by atomic mass is 10.1. The highest BCUT2D eigenvalue weighted by atomic mass is 32.1. The summed E-state index contributed by atoms with van der Waals surface area (Å²) in [5.41, 5.74) is 6.11. The SMILES string of the molecule is Cc1ccc(N2CCNC2=O)cc1NCc1ccc2nsnc2c1. The molecule has 122 valence electrons. The molecular weight excluding hydrogens is 322 g/mol. The number of amides is 2. The molecule has 0 saturated carbocycles. The Morgan fingerprint density at radius 3 is 2.92 bits per heavy atom. The summed E-state index contributed by atoms with van der Waals surface area (Å²) < 4.78 is 8.50. The number of hydrogen-bond acceptors (Lipinski definition) is 5. The number of benzene rings is 2. The summed E-state index contributed by atoms with van der Waals surface area (Å²) in [4.78, 5) is 13.6. The molecule has 6 nitrogen and oxygen atoms in total. The van der Waals surface area contributed by atoms with Crippen LogP contribution in [0, 0.1) is 6.92 Å². The normalized spacial score (nSPS) is 14.2. The van der Waals surface area contributed by atoms with Crippen molar-refractivity contribution in [2.24, 2.45) is 0 Å². The first kappa shape index (κ1) is 14.9. The lowest BCUT2D eigenvalue weighted by Gasteiger charge is -2.17. The van der Waals surface area contributed by atoms with E-state index in [1.165, 1.54) is 11.7 Å². The topological polar surface area (TPSA) is 70.2 Å². The van der Waals surface area contributed by atoms with Crippen molar-refractivity contribution < 1.29 is 4.79 Å². The zero-order chi connectivity index (χ0) is 16.5. The van der Waals surface area contributed by atoms with Crippen molar-refractivity contribution >= 4 is 40.2 Å². The van der Waals surface area contributed by atoms with Crippen molar-refractivity contribution in [3.63, 3.8) is 0 Å². The molecule has 1 aliphatic heterocycles. The first-order valence-electron chi connectivity index (χ1n) is 7.82. The Morgan fingerprint density at radius 2 is 2.08 bits per heavy atom. The summed E-state index contributed by atoms with van der Waals surface area (Å²) in [5.74, 6) is 0. The molecule has 1 aromatic heterocycles. The fraction of sp³-hybridized carbons (Fsp3) is 0.235. The van der Waals surface area contributed by atoms with Gasteiger partial charge in [0, 0.05) is 31.0 Å². The highest BCUT2D eigenvalue weighted by Gasteiger charge is 2.21. The molecule has 2 heterocycles. The van der Waals surface area contributed by atoms with Crippen LogP contribution in [-0.4, -0.2) is 27.9 Å². The van der Waals surface area contributed by atoms with Crippen LogP contribution in [0.2, 0.25) is 0 Å². The van der Waals surface area contributed by atoms with Gasteiger partial charge in [0.25, 0.3) is 0 Å². The van der Waals surface area contributed by atoms with Crippen molar-refractivity contribution in [1.29, 1.82) is 0 Å². The standard InChI is InChI=1S/C17H17N5OS/c1-11-2-4-13(22-7-6-18-17(22)23)9-15(11)19-10-12-3-5-14-16(8-12)21-24-20-14/h2-5,8-9,19H,6-7,10H2,1H3,(H,18,23). The van der Waals surface area contributed by atoms with Crippen molar-refractivity contribution in [3.05, 3.63) is 47.5 Å². The molecule has 0 spiro atoms. The van der Waals surface area contributed by atoms with Gasteiger partial charge in [-0.1, -0.05) is 12.1 Å². The molecule has 0 aliphatic carbocycles. The summed E-state index contributed by atoms with van der Waals surface area (Å²) in [6.45, 7) is 4.15. The third-order valence-corrected chi connectivity index (χ3v) is 4.75. The number of rotatable bonds is 4. The second-order valence-corrected chi connectivity index (χ2v) is 6.35. The van der Waals surface area contributed by atoms with Gasteiger partial charge in [-0.25, -0.2) is 4.79 Å². The van der Waals surface area contributed by atoms with Gasteiger partial charge in [-0.15, -0.1) is 0 Å². The molecule has 2 aromatic carbocycles. The summed E-state index contributed by atoms with van der Waals surface area (Å²) in [6, 6.07) is 12.1. The molecule has 0 unspecified atom stereocenters. The van der Waals surface area contributed by atoms with E-state index in [9.17, 15) is 4.79 Å². The minimum absolute atomic E-state index is 0.0358. The van der Waals surface area contributed by atoms with Crippen LogP contribution >= 0.6 is 11.7 Å². The van der Waals surface area contributed by atoms with E-state index < -0.39 is 0 Å².